The van der Waals surface area contributed by atoms with Crippen LogP contribution in [0.4, 0.5) is 0 Å². The second-order valence-corrected chi connectivity index (χ2v) is 4.36. The quantitative estimate of drug-likeness (QED) is 0.729. The highest BCUT2D eigenvalue weighted by Crippen LogP contribution is 2.56. The Bertz CT molecular complexity index is 493. The summed E-state index contributed by atoms with van der Waals surface area (Å²) in [5.41, 5.74) is -2.00. The summed E-state index contributed by atoms with van der Waals surface area (Å²) in [5, 5.41) is 18.8. The van der Waals surface area contributed by atoms with Crippen LogP contribution in [0.1, 0.15) is 18.8 Å². The van der Waals surface area contributed by atoms with E-state index in [-0.39, 0.29) is 6.61 Å². The minimum absolute atomic E-state index is 0.281. The van der Waals surface area contributed by atoms with Crippen molar-refractivity contribution >= 4 is 0 Å². The topological polar surface area (TPSA) is 69.9 Å². The standard InChI is InChI=1S/C13H12N2O2/c1-3-12(2)9-17-11(10-5-4-6-16-10)13(12,7-14)8-15/h3-6,11H,1,9H2,2H3. The molecule has 2 heterocycles. The van der Waals surface area contributed by atoms with Crippen LogP contribution in [0.25, 0.3) is 0 Å². The molecule has 86 valence electrons. The predicted molar refractivity (Wildman–Crippen MR) is 59.4 cm³/mol. The van der Waals surface area contributed by atoms with Gasteiger partial charge in [-0.05, 0) is 12.1 Å². The molecule has 4 heteroatoms. The van der Waals surface area contributed by atoms with Crippen molar-refractivity contribution in [3.63, 3.8) is 0 Å². The zero-order valence-corrected chi connectivity index (χ0v) is 9.51. The number of nitrogens with zero attached hydrogens (tertiary/aromatic N) is 2. The Morgan fingerprint density at radius 1 is 1.53 bits per heavy atom. The number of rotatable bonds is 2. The minimum Gasteiger partial charge on any atom is -0.466 e. The number of nitriles is 2. The van der Waals surface area contributed by atoms with Crippen LogP contribution in [-0.2, 0) is 4.74 Å². The summed E-state index contributed by atoms with van der Waals surface area (Å²) >= 11 is 0. The summed E-state index contributed by atoms with van der Waals surface area (Å²) in [7, 11) is 0. The van der Waals surface area contributed by atoms with E-state index in [4.69, 9.17) is 9.15 Å². The van der Waals surface area contributed by atoms with E-state index in [0.29, 0.717) is 5.76 Å². The van der Waals surface area contributed by atoms with E-state index in [9.17, 15) is 10.5 Å². The van der Waals surface area contributed by atoms with E-state index < -0.39 is 16.9 Å². The fourth-order valence-corrected chi connectivity index (χ4v) is 2.15. The van der Waals surface area contributed by atoms with Gasteiger partial charge in [-0.25, -0.2) is 0 Å². The van der Waals surface area contributed by atoms with Gasteiger partial charge < -0.3 is 9.15 Å². The minimum atomic E-state index is -1.30. The molecule has 0 radical (unpaired) electrons. The van der Waals surface area contributed by atoms with Gasteiger partial charge in [-0.2, -0.15) is 10.5 Å². The van der Waals surface area contributed by atoms with Crippen molar-refractivity contribution in [2.24, 2.45) is 10.8 Å². The number of hydrogen-bond acceptors (Lipinski definition) is 4. The Morgan fingerprint density at radius 2 is 2.24 bits per heavy atom. The van der Waals surface area contributed by atoms with Gasteiger partial charge in [0.25, 0.3) is 0 Å². The average Bonchev–Trinajstić information content (AvgIpc) is 2.95. The zero-order chi connectivity index (χ0) is 12.5. The monoisotopic (exact) mass is 228 g/mol. The van der Waals surface area contributed by atoms with Crippen LogP contribution in [0.15, 0.2) is 35.5 Å². The van der Waals surface area contributed by atoms with Gasteiger partial charge in [0.15, 0.2) is 5.41 Å². The molecule has 1 aliphatic heterocycles. The maximum absolute atomic E-state index is 9.41. The molecular formula is C13H12N2O2. The van der Waals surface area contributed by atoms with E-state index in [1.165, 1.54) is 6.26 Å². The SMILES string of the molecule is C=CC1(C)COC(c2ccco2)C1(C#N)C#N. The summed E-state index contributed by atoms with van der Waals surface area (Å²) < 4.78 is 10.8. The molecule has 0 N–H and O–H groups in total. The van der Waals surface area contributed by atoms with Crippen molar-refractivity contribution in [3.8, 4) is 12.1 Å². The molecule has 0 amide bonds. The molecular weight excluding hydrogens is 216 g/mol. The number of hydrogen-bond donors (Lipinski definition) is 0. The Kier molecular flexibility index (Phi) is 2.53. The average molecular weight is 228 g/mol. The molecule has 0 aliphatic carbocycles. The van der Waals surface area contributed by atoms with Crippen LogP contribution in [0.3, 0.4) is 0 Å². The van der Waals surface area contributed by atoms with Crippen LogP contribution in [-0.4, -0.2) is 6.61 Å². The van der Waals surface area contributed by atoms with Gasteiger partial charge in [0.1, 0.15) is 11.9 Å². The van der Waals surface area contributed by atoms with Crippen molar-refractivity contribution in [2.75, 3.05) is 6.61 Å². The largest absolute Gasteiger partial charge is 0.466 e. The van der Waals surface area contributed by atoms with Gasteiger partial charge >= 0.3 is 0 Å². The molecule has 2 atom stereocenters. The lowest BCUT2D eigenvalue weighted by Crippen LogP contribution is -2.36. The Hall–Kier alpha value is -2.04. The summed E-state index contributed by atoms with van der Waals surface area (Å²) in [4.78, 5) is 0. The molecule has 0 aromatic carbocycles. The molecule has 2 rings (SSSR count). The second-order valence-electron chi connectivity index (χ2n) is 4.36. The molecule has 0 saturated carbocycles. The van der Waals surface area contributed by atoms with E-state index in [0.717, 1.165) is 0 Å². The smallest absolute Gasteiger partial charge is 0.187 e. The van der Waals surface area contributed by atoms with E-state index in [2.05, 4.69) is 18.7 Å². The zero-order valence-electron chi connectivity index (χ0n) is 9.51. The van der Waals surface area contributed by atoms with Crippen molar-refractivity contribution in [1.82, 2.24) is 0 Å². The van der Waals surface area contributed by atoms with Crippen molar-refractivity contribution < 1.29 is 9.15 Å². The van der Waals surface area contributed by atoms with Gasteiger partial charge in [-0.15, -0.1) is 6.58 Å². The van der Waals surface area contributed by atoms with Gasteiger partial charge in [0, 0.05) is 5.41 Å². The van der Waals surface area contributed by atoms with Crippen molar-refractivity contribution in [2.45, 2.75) is 13.0 Å². The van der Waals surface area contributed by atoms with E-state index in [1.807, 2.05) is 0 Å². The highest BCUT2D eigenvalue weighted by atomic mass is 16.5. The Balaban J connectivity index is 2.55. The Morgan fingerprint density at radius 3 is 2.71 bits per heavy atom. The molecule has 4 nitrogen and oxygen atoms in total. The van der Waals surface area contributed by atoms with Crippen LogP contribution >= 0.6 is 0 Å². The lowest BCUT2D eigenvalue weighted by atomic mass is 9.65. The lowest BCUT2D eigenvalue weighted by Gasteiger charge is -2.30. The third kappa shape index (κ3) is 1.32. The summed E-state index contributed by atoms with van der Waals surface area (Å²) in [6, 6.07) is 7.60. The molecule has 17 heavy (non-hydrogen) atoms. The first-order valence-electron chi connectivity index (χ1n) is 5.24. The molecule has 2 unspecified atom stereocenters. The normalized spacial score (nSPS) is 30.4. The highest BCUT2D eigenvalue weighted by molar-refractivity contribution is 5.33. The van der Waals surface area contributed by atoms with Crippen LogP contribution < -0.4 is 0 Å². The van der Waals surface area contributed by atoms with Crippen LogP contribution in [0.5, 0.6) is 0 Å². The maximum Gasteiger partial charge on any atom is 0.187 e. The molecule has 1 aromatic heterocycles. The summed E-state index contributed by atoms with van der Waals surface area (Å²) in [6.07, 6.45) is 2.44. The molecule has 0 bridgehead atoms. The molecule has 1 aliphatic rings. The fraction of sp³-hybridized carbons (Fsp3) is 0.385. The third-order valence-electron chi connectivity index (χ3n) is 3.45. The van der Waals surface area contributed by atoms with Gasteiger partial charge in [0.2, 0.25) is 0 Å². The molecule has 1 aromatic rings. The van der Waals surface area contributed by atoms with Crippen molar-refractivity contribution in [3.05, 3.63) is 36.8 Å². The van der Waals surface area contributed by atoms with Gasteiger partial charge in [-0.3, -0.25) is 0 Å². The molecule has 0 spiro atoms. The first-order valence-corrected chi connectivity index (χ1v) is 5.24. The van der Waals surface area contributed by atoms with E-state index >= 15 is 0 Å². The fourth-order valence-electron chi connectivity index (χ4n) is 2.15. The van der Waals surface area contributed by atoms with Gasteiger partial charge in [-0.1, -0.05) is 13.0 Å². The second kappa shape index (κ2) is 3.76. The number of ether oxygens (including phenoxy) is 1. The molecule has 1 saturated heterocycles. The lowest BCUT2D eigenvalue weighted by molar-refractivity contribution is 0.0677. The third-order valence-corrected chi connectivity index (χ3v) is 3.45. The van der Waals surface area contributed by atoms with Crippen LogP contribution in [0.2, 0.25) is 0 Å². The molecule has 1 fully saturated rings. The van der Waals surface area contributed by atoms with Crippen molar-refractivity contribution in [1.29, 1.82) is 10.5 Å². The first kappa shape index (κ1) is 11.4. The summed E-state index contributed by atoms with van der Waals surface area (Å²) in [5.74, 6) is 0.499. The van der Waals surface area contributed by atoms with Gasteiger partial charge in [0.05, 0.1) is 25.0 Å². The number of furan rings is 1. The van der Waals surface area contributed by atoms with E-state index in [1.54, 1.807) is 25.1 Å². The summed E-state index contributed by atoms with van der Waals surface area (Å²) in [6.45, 7) is 5.79. The Labute approximate surface area is 99.7 Å². The maximum atomic E-state index is 9.41. The highest BCUT2D eigenvalue weighted by Gasteiger charge is 2.61. The van der Waals surface area contributed by atoms with Crippen LogP contribution in [0, 0.1) is 33.5 Å². The first-order chi connectivity index (χ1) is 8.13. The predicted octanol–water partition coefficient (Wildman–Crippen LogP) is 2.58.